The summed E-state index contributed by atoms with van der Waals surface area (Å²) in [5, 5.41) is 3.79. The number of aldehydes is 1. The van der Waals surface area contributed by atoms with Gasteiger partial charge in [-0.05, 0) is 37.0 Å². The van der Waals surface area contributed by atoms with Crippen molar-refractivity contribution in [1.29, 1.82) is 0 Å². The molecule has 2 unspecified atom stereocenters. The van der Waals surface area contributed by atoms with Crippen LogP contribution in [0.15, 0.2) is 27.1 Å². The number of allylic oxidation sites excluding steroid dienone is 3. The van der Waals surface area contributed by atoms with Crippen molar-refractivity contribution in [2.24, 2.45) is 10.9 Å². The van der Waals surface area contributed by atoms with E-state index < -0.39 is 6.10 Å². The Morgan fingerprint density at radius 2 is 2.32 bits per heavy atom. The van der Waals surface area contributed by atoms with Gasteiger partial charge in [-0.3, -0.25) is 14.6 Å². The van der Waals surface area contributed by atoms with Crippen LogP contribution in [-0.2, 0) is 14.3 Å². The molecule has 1 N–H and O–H groups in total. The van der Waals surface area contributed by atoms with Crippen molar-refractivity contribution in [2.75, 3.05) is 7.05 Å². The lowest BCUT2D eigenvalue weighted by Crippen LogP contribution is -2.34. The molecule has 0 amide bonds. The third kappa shape index (κ3) is 6.47. The summed E-state index contributed by atoms with van der Waals surface area (Å²) in [5.74, 6) is 0.803. The third-order valence-electron chi connectivity index (χ3n) is 3.26. The van der Waals surface area contributed by atoms with Gasteiger partial charge in [-0.1, -0.05) is 24.8 Å². The first-order valence-electron chi connectivity index (χ1n) is 7.39. The van der Waals surface area contributed by atoms with Crippen LogP contribution < -0.4 is 5.32 Å². The van der Waals surface area contributed by atoms with E-state index in [1.54, 1.807) is 14.0 Å². The van der Waals surface area contributed by atoms with Crippen LogP contribution in [0.25, 0.3) is 0 Å². The Kier molecular flexibility index (Phi) is 7.95. The molecule has 1 aliphatic rings. The fourth-order valence-corrected chi connectivity index (χ4v) is 3.35. The summed E-state index contributed by atoms with van der Waals surface area (Å²) in [5.41, 5.74) is 0. The fraction of sp³-hybridized carbons (Fsp3) is 0.562. The molecule has 0 heterocycles. The molecule has 1 rings (SSSR count). The van der Waals surface area contributed by atoms with E-state index in [2.05, 4.69) is 23.3 Å². The molecule has 0 aliphatic heterocycles. The molecule has 0 saturated heterocycles. The van der Waals surface area contributed by atoms with Crippen LogP contribution >= 0.6 is 11.8 Å². The van der Waals surface area contributed by atoms with Crippen LogP contribution in [0.3, 0.4) is 0 Å². The number of hydrogen-bond acceptors (Lipinski definition) is 5. The van der Waals surface area contributed by atoms with Crippen LogP contribution in [0.1, 0.15) is 40.0 Å². The number of thioether (sulfide) groups is 1. The van der Waals surface area contributed by atoms with Crippen molar-refractivity contribution < 1.29 is 14.3 Å². The highest BCUT2D eigenvalue weighted by Gasteiger charge is 2.17. The molecule has 0 spiro atoms. The van der Waals surface area contributed by atoms with Crippen LogP contribution in [0.4, 0.5) is 0 Å². The highest BCUT2D eigenvalue weighted by Crippen LogP contribution is 2.34. The summed E-state index contributed by atoms with van der Waals surface area (Å²) in [7, 11) is 1.62. The van der Waals surface area contributed by atoms with Crippen molar-refractivity contribution in [1.82, 2.24) is 5.32 Å². The zero-order chi connectivity index (χ0) is 16.5. The monoisotopic (exact) mass is 324 g/mol. The zero-order valence-electron chi connectivity index (χ0n) is 13.6. The molecular weight excluding hydrogens is 300 g/mol. The largest absolute Gasteiger partial charge is 0.455 e. The molecule has 0 fully saturated rings. The molecule has 0 bridgehead atoms. The summed E-state index contributed by atoms with van der Waals surface area (Å²) in [6.45, 7) is 5.32. The van der Waals surface area contributed by atoms with Crippen LogP contribution in [-0.4, -0.2) is 31.2 Å². The first-order valence-corrected chi connectivity index (χ1v) is 8.21. The minimum Gasteiger partial charge on any atom is -0.455 e. The van der Waals surface area contributed by atoms with Gasteiger partial charge in [0.1, 0.15) is 12.1 Å². The first kappa shape index (κ1) is 18.5. The maximum Gasteiger partial charge on any atom is 0.303 e. The van der Waals surface area contributed by atoms with E-state index in [-0.39, 0.29) is 5.97 Å². The van der Waals surface area contributed by atoms with Crippen molar-refractivity contribution in [3.63, 3.8) is 0 Å². The van der Waals surface area contributed by atoms with Gasteiger partial charge >= 0.3 is 5.97 Å². The van der Waals surface area contributed by atoms with Crippen molar-refractivity contribution in [2.45, 2.75) is 46.1 Å². The third-order valence-corrected chi connectivity index (χ3v) is 4.32. The second kappa shape index (κ2) is 9.46. The number of carbonyl (C=O) groups excluding carboxylic acids is 2. The maximum absolute atomic E-state index is 11.0. The van der Waals surface area contributed by atoms with Crippen molar-refractivity contribution >= 4 is 29.9 Å². The Labute approximate surface area is 136 Å². The normalized spacial score (nSPS) is 20.9. The van der Waals surface area contributed by atoms with Gasteiger partial charge < -0.3 is 10.1 Å². The first-order chi connectivity index (χ1) is 10.5. The highest BCUT2D eigenvalue weighted by atomic mass is 32.2. The number of esters is 1. The minimum atomic E-state index is -0.489. The van der Waals surface area contributed by atoms with E-state index in [1.807, 2.05) is 0 Å². The molecule has 0 radical (unpaired) electrons. The molecule has 1 aliphatic carbocycles. The number of carbonyl (C=O) groups is 2. The average Bonchev–Trinajstić information content (AvgIpc) is 2.44. The number of amidine groups is 1. The summed E-state index contributed by atoms with van der Waals surface area (Å²) in [6, 6.07) is 0. The highest BCUT2D eigenvalue weighted by molar-refractivity contribution is 8.06. The topological polar surface area (TPSA) is 67.8 Å². The van der Waals surface area contributed by atoms with Gasteiger partial charge in [0, 0.05) is 20.0 Å². The number of aliphatic imine (C=N–C) groups is 1. The summed E-state index contributed by atoms with van der Waals surface area (Å²) >= 11 is 1.53. The van der Waals surface area contributed by atoms with Gasteiger partial charge in [0.05, 0.1) is 5.03 Å². The van der Waals surface area contributed by atoms with Gasteiger partial charge in [0.2, 0.25) is 0 Å². The van der Waals surface area contributed by atoms with Crippen molar-refractivity contribution in [3.8, 4) is 0 Å². The number of nitrogens with zero attached hydrogens (tertiary/aromatic N) is 1. The smallest absolute Gasteiger partial charge is 0.303 e. The number of ether oxygens (including phenoxy) is 1. The van der Waals surface area contributed by atoms with Crippen LogP contribution in [0, 0.1) is 5.92 Å². The van der Waals surface area contributed by atoms with Gasteiger partial charge in [-0.2, -0.15) is 0 Å². The SMILES string of the molecule is CN=C(N/C(=C\C=O)SC1=CCCC(C)C1)C(C)OC(C)=O. The second-order valence-electron chi connectivity index (χ2n) is 5.31. The van der Waals surface area contributed by atoms with E-state index in [4.69, 9.17) is 4.74 Å². The molecule has 2 atom stereocenters. The Morgan fingerprint density at radius 1 is 1.59 bits per heavy atom. The zero-order valence-corrected chi connectivity index (χ0v) is 14.4. The number of rotatable bonds is 6. The quantitative estimate of drug-likeness (QED) is 0.267. The molecule has 0 saturated carbocycles. The van der Waals surface area contributed by atoms with E-state index in [1.165, 1.54) is 36.1 Å². The molecule has 22 heavy (non-hydrogen) atoms. The molecule has 6 heteroatoms. The molecule has 5 nitrogen and oxygen atoms in total. The van der Waals surface area contributed by atoms with Gasteiger partial charge in [0.25, 0.3) is 0 Å². The van der Waals surface area contributed by atoms with E-state index in [9.17, 15) is 9.59 Å². The molecular formula is C16H24N2O3S. The summed E-state index contributed by atoms with van der Waals surface area (Å²) < 4.78 is 5.12. The van der Waals surface area contributed by atoms with Gasteiger partial charge in [0.15, 0.2) is 6.10 Å². The maximum atomic E-state index is 11.0. The lowest BCUT2D eigenvalue weighted by Gasteiger charge is -2.21. The summed E-state index contributed by atoms with van der Waals surface area (Å²) in [4.78, 5) is 27.3. The lowest BCUT2D eigenvalue weighted by molar-refractivity contribution is -0.142. The number of nitrogens with one attached hydrogen (secondary N) is 1. The molecule has 0 aromatic rings. The predicted molar refractivity (Wildman–Crippen MR) is 90.6 cm³/mol. The molecule has 0 aromatic heterocycles. The second-order valence-corrected chi connectivity index (χ2v) is 6.48. The standard InChI is InChI=1S/C16H24N2O3S/c1-11-6-5-7-14(10-11)22-15(8-9-19)18-16(17-4)12(2)21-13(3)20/h7-9,11-12H,5-6,10H2,1-4H3,(H,17,18)/b15-8+. The van der Waals surface area contributed by atoms with Gasteiger partial charge in [-0.25, -0.2) is 0 Å². The van der Waals surface area contributed by atoms with E-state index >= 15 is 0 Å². The molecule has 0 aromatic carbocycles. The predicted octanol–water partition coefficient (Wildman–Crippen LogP) is 3.03. The lowest BCUT2D eigenvalue weighted by atomic mass is 9.96. The average molecular weight is 324 g/mol. The Balaban J connectivity index is 2.75. The van der Waals surface area contributed by atoms with E-state index in [0.717, 1.165) is 19.1 Å². The van der Waals surface area contributed by atoms with Crippen LogP contribution in [0.5, 0.6) is 0 Å². The number of hydrogen-bond donors (Lipinski definition) is 1. The Morgan fingerprint density at radius 3 is 2.86 bits per heavy atom. The Hall–Kier alpha value is -1.56. The minimum absolute atomic E-state index is 0.368. The van der Waals surface area contributed by atoms with Crippen LogP contribution in [0.2, 0.25) is 0 Å². The fourth-order valence-electron chi connectivity index (χ4n) is 2.22. The van der Waals surface area contributed by atoms with Gasteiger partial charge in [-0.15, -0.1) is 0 Å². The van der Waals surface area contributed by atoms with Crippen molar-refractivity contribution in [3.05, 3.63) is 22.1 Å². The molecule has 122 valence electrons. The Bertz CT molecular complexity index is 498. The summed E-state index contributed by atoms with van der Waals surface area (Å²) in [6.07, 6.45) is 7.22. The van der Waals surface area contributed by atoms with E-state index in [0.29, 0.717) is 16.8 Å².